The minimum absolute atomic E-state index is 0.0347. The molecule has 0 amide bonds. The monoisotopic (exact) mass is 154 g/mol. The molecule has 1 unspecified atom stereocenters. The first-order valence-electron chi connectivity index (χ1n) is 3.85. The van der Waals surface area contributed by atoms with E-state index in [1.54, 1.807) is 4.68 Å². The highest BCUT2D eigenvalue weighted by Crippen LogP contribution is 2.10. The van der Waals surface area contributed by atoms with Gasteiger partial charge in [-0.2, -0.15) is 5.10 Å². The molecule has 1 aromatic rings. The van der Waals surface area contributed by atoms with E-state index in [1.807, 2.05) is 7.05 Å². The third kappa shape index (κ3) is 1.77. The summed E-state index contributed by atoms with van der Waals surface area (Å²) < 4.78 is 1.72. The summed E-state index contributed by atoms with van der Waals surface area (Å²) in [7, 11) is 1.86. The Balaban J connectivity index is 2.67. The fourth-order valence-electron chi connectivity index (χ4n) is 1.08. The summed E-state index contributed by atoms with van der Waals surface area (Å²) in [5, 5.41) is 3.95. The lowest BCUT2D eigenvalue weighted by Gasteiger charge is -2.07. The number of aromatic nitrogens is 3. The van der Waals surface area contributed by atoms with Crippen LogP contribution in [-0.2, 0) is 7.05 Å². The zero-order valence-corrected chi connectivity index (χ0v) is 6.99. The maximum absolute atomic E-state index is 5.83. The van der Waals surface area contributed by atoms with Gasteiger partial charge in [-0.15, -0.1) is 0 Å². The molecule has 0 aliphatic rings. The van der Waals surface area contributed by atoms with Crippen molar-refractivity contribution in [3.63, 3.8) is 0 Å². The third-order valence-electron chi connectivity index (χ3n) is 1.68. The van der Waals surface area contributed by atoms with Crippen LogP contribution in [-0.4, -0.2) is 14.8 Å². The zero-order valence-electron chi connectivity index (χ0n) is 6.99. The molecule has 1 atom stereocenters. The number of nitrogens with two attached hydrogens (primary N) is 1. The van der Waals surface area contributed by atoms with Gasteiger partial charge in [0, 0.05) is 7.05 Å². The second-order valence-corrected chi connectivity index (χ2v) is 2.64. The number of aryl methyl sites for hydroxylation is 1. The average molecular weight is 154 g/mol. The first kappa shape index (κ1) is 8.20. The number of hydrogen-bond donors (Lipinski definition) is 1. The Morgan fingerprint density at radius 1 is 1.73 bits per heavy atom. The molecule has 0 aliphatic carbocycles. The topological polar surface area (TPSA) is 56.7 Å². The van der Waals surface area contributed by atoms with Crippen LogP contribution in [0.3, 0.4) is 0 Å². The Labute approximate surface area is 66.4 Å². The first-order valence-corrected chi connectivity index (χ1v) is 3.85. The summed E-state index contributed by atoms with van der Waals surface area (Å²) in [6.07, 6.45) is 3.57. The summed E-state index contributed by atoms with van der Waals surface area (Å²) in [5.41, 5.74) is 5.83. The van der Waals surface area contributed by atoms with E-state index in [0.29, 0.717) is 0 Å². The fraction of sp³-hybridized carbons (Fsp3) is 0.714. The molecular formula is C7H14N4. The smallest absolute Gasteiger partial charge is 0.143 e. The second-order valence-electron chi connectivity index (χ2n) is 2.64. The maximum Gasteiger partial charge on any atom is 0.143 e. The molecule has 1 heterocycles. The van der Waals surface area contributed by atoms with Crippen molar-refractivity contribution < 1.29 is 0 Å². The van der Waals surface area contributed by atoms with Crippen LogP contribution in [0, 0.1) is 0 Å². The van der Waals surface area contributed by atoms with E-state index in [0.717, 1.165) is 18.7 Å². The molecule has 1 aromatic heterocycles. The van der Waals surface area contributed by atoms with E-state index in [4.69, 9.17) is 5.73 Å². The number of hydrogen-bond acceptors (Lipinski definition) is 3. The van der Waals surface area contributed by atoms with E-state index < -0.39 is 0 Å². The van der Waals surface area contributed by atoms with Gasteiger partial charge in [-0.05, 0) is 6.42 Å². The molecule has 0 saturated heterocycles. The molecule has 0 saturated carbocycles. The predicted octanol–water partition coefficient (Wildman–Crippen LogP) is 0.615. The minimum Gasteiger partial charge on any atom is -0.321 e. The van der Waals surface area contributed by atoms with Crippen molar-refractivity contribution in [2.24, 2.45) is 12.8 Å². The summed E-state index contributed by atoms with van der Waals surface area (Å²) in [4.78, 5) is 4.06. The molecule has 11 heavy (non-hydrogen) atoms. The van der Waals surface area contributed by atoms with Crippen LogP contribution < -0.4 is 5.73 Å². The molecule has 0 bridgehead atoms. The van der Waals surface area contributed by atoms with E-state index in [9.17, 15) is 0 Å². The van der Waals surface area contributed by atoms with Gasteiger partial charge in [0.05, 0.1) is 6.04 Å². The standard InChI is InChI=1S/C7H14N4/c1-3-4-6(8)7-9-5-10-11(7)2/h5-6H,3-4,8H2,1-2H3. The van der Waals surface area contributed by atoms with Crippen LogP contribution in [0.5, 0.6) is 0 Å². The van der Waals surface area contributed by atoms with Crippen LogP contribution in [0.1, 0.15) is 31.6 Å². The molecule has 0 spiro atoms. The SMILES string of the molecule is CCCC(N)c1ncnn1C. The molecule has 1 rings (SSSR count). The van der Waals surface area contributed by atoms with Crippen molar-refractivity contribution in [2.45, 2.75) is 25.8 Å². The highest BCUT2D eigenvalue weighted by molar-refractivity contribution is 4.91. The van der Waals surface area contributed by atoms with Crippen LogP contribution in [0.4, 0.5) is 0 Å². The number of rotatable bonds is 3. The highest BCUT2D eigenvalue weighted by Gasteiger charge is 2.09. The van der Waals surface area contributed by atoms with Gasteiger partial charge in [-0.3, -0.25) is 4.68 Å². The lowest BCUT2D eigenvalue weighted by molar-refractivity contribution is 0.561. The highest BCUT2D eigenvalue weighted by atomic mass is 15.3. The van der Waals surface area contributed by atoms with Gasteiger partial charge in [0.1, 0.15) is 12.2 Å². The number of nitrogens with zero attached hydrogens (tertiary/aromatic N) is 3. The minimum atomic E-state index is 0.0347. The van der Waals surface area contributed by atoms with Crippen molar-refractivity contribution in [1.29, 1.82) is 0 Å². The van der Waals surface area contributed by atoms with Crippen molar-refractivity contribution in [1.82, 2.24) is 14.8 Å². The van der Waals surface area contributed by atoms with Gasteiger partial charge in [0.15, 0.2) is 0 Å². The lowest BCUT2D eigenvalue weighted by atomic mass is 10.2. The van der Waals surface area contributed by atoms with Crippen molar-refractivity contribution in [3.05, 3.63) is 12.2 Å². The fourth-order valence-corrected chi connectivity index (χ4v) is 1.08. The zero-order chi connectivity index (χ0) is 8.27. The summed E-state index contributed by atoms with van der Waals surface area (Å²) in [6, 6.07) is 0.0347. The molecule has 4 heteroatoms. The molecule has 0 radical (unpaired) electrons. The van der Waals surface area contributed by atoms with Gasteiger partial charge < -0.3 is 5.73 Å². The average Bonchev–Trinajstić information content (AvgIpc) is 2.36. The maximum atomic E-state index is 5.83. The van der Waals surface area contributed by atoms with Gasteiger partial charge in [-0.1, -0.05) is 13.3 Å². The Hall–Kier alpha value is -0.900. The van der Waals surface area contributed by atoms with Crippen molar-refractivity contribution in [2.75, 3.05) is 0 Å². The van der Waals surface area contributed by atoms with E-state index in [-0.39, 0.29) is 6.04 Å². The molecule has 0 aromatic carbocycles. The Morgan fingerprint density at radius 2 is 2.45 bits per heavy atom. The van der Waals surface area contributed by atoms with E-state index >= 15 is 0 Å². The summed E-state index contributed by atoms with van der Waals surface area (Å²) in [6.45, 7) is 2.11. The van der Waals surface area contributed by atoms with Gasteiger partial charge in [-0.25, -0.2) is 4.98 Å². The van der Waals surface area contributed by atoms with Crippen molar-refractivity contribution in [3.8, 4) is 0 Å². The van der Waals surface area contributed by atoms with Gasteiger partial charge >= 0.3 is 0 Å². The van der Waals surface area contributed by atoms with Crippen molar-refractivity contribution >= 4 is 0 Å². The Morgan fingerprint density at radius 3 is 2.91 bits per heavy atom. The molecule has 2 N–H and O–H groups in total. The lowest BCUT2D eigenvalue weighted by Crippen LogP contribution is -2.15. The molecule has 0 aliphatic heterocycles. The Kier molecular flexibility index (Phi) is 2.59. The summed E-state index contributed by atoms with van der Waals surface area (Å²) >= 11 is 0. The third-order valence-corrected chi connectivity index (χ3v) is 1.68. The largest absolute Gasteiger partial charge is 0.321 e. The predicted molar refractivity (Wildman–Crippen MR) is 42.8 cm³/mol. The molecular weight excluding hydrogens is 140 g/mol. The normalized spacial score (nSPS) is 13.4. The van der Waals surface area contributed by atoms with E-state index in [2.05, 4.69) is 17.0 Å². The van der Waals surface area contributed by atoms with E-state index in [1.165, 1.54) is 6.33 Å². The first-order chi connectivity index (χ1) is 5.25. The second kappa shape index (κ2) is 3.48. The van der Waals surface area contributed by atoms with Gasteiger partial charge in [0.2, 0.25) is 0 Å². The molecule has 0 fully saturated rings. The van der Waals surface area contributed by atoms with Crippen LogP contribution in [0.15, 0.2) is 6.33 Å². The van der Waals surface area contributed by atoms with Crippen LogP contribution in [0.25, 0.3) is 0 Å². The van der Waals surface area contributed by atoms with Crippen LogP contribution in [0.2, 0.25) is 0 Å². The Bertz CT molecular complexity index is 218. The quantitative estimate of drug-likeness (QED) is 0.694. The van der Waals surface area contributed by atoms with Gasteiger partial charge in [0.25, 0.3) is 0 Å². The molecule has 62 valence electrons. The molecule has 4 nitrogen and oxygen atoms in total. The van der Waals surface area contributed by atoms with Crippen LogP contribution >= 0.6 is 0 Å². The summed E-state index contributed by atoms with van der Waals surface area (Å²) in [5.74, 6) is 0.867.